The summed E-state index contributed by atoms with van der Waals surface area (Å²) in [6.07, 6.45) is 1.33. The maximum absolute atomic E-state index is 13.6. The van der Waals surface area contributed by atoms with Crippen LogP contribution in [-0.2, 0) is 4.79 Å². The standard InChI is InChI=1S/C15H15F2N3O3/c1-9(11-5-4-10(16)7-12(11)17)18-8-14(21)19-20-15(22)13-3-2-6-23-13/h2-7,9,18H,8H2,1H3,(H,19,21)(H,20,22)/t9-/m0/s1. The van der Waals surface area contributed by atoms with Crippen molar-refractivity contribution in [2.45, 2.75) is 13.0 Å². The predicted molar refractivity (Wildman–Crippen MR) is 77.1 cm³/mol. The fraction of sp³-hybridized carbons (Fsp3) is 0.200. The third-order valence-corrected chi connectivity index (χ3v) is 3.06. The van der Waals surface area contributed by atoms with Crippen LogP contribution in [0.1, 0.15) is 29.1 Å². The van der Waals surface area contributed by atoms with Crippen molar-refractivity contribution in [1.82, 2.24) is 16.2 Å². The average molecular weight is 323 g/mol. The van der Waals surface area contributed by atoms with Crippen LogP contribution in [0.2, 0.25) is 0 Å². The molecule has 122 valence electrons. The van der Waals surface area contributed by atoms with E-state index in [1.54, 1.807) is 6.92 Å². The van der Waals surface area contributed by atoms with Crippen molar-refractivity contribution in [2.75, 3.05) is 6.54 Å². The van der Waals surface area contributed by atoms with E-state index in [1.807, 2.05) is 0 Å². The van der Waals surface area contributed by atoms with Crippen molar-refractivity contribution < 1.29 is 22.8 Å². The van der Waals surface area contributed by atoms with Gasteiger partial charge in [0.1, 0.15) is 11.6 Å². The lowest BCUT2D eigenvalue weighted by Crippen LogP contribution is -2.45. The first-order valence-corrected chi connectivity index (χ1v) is 6.78. The van der Waals surface area contributed by atoms with Crippen molar-refractivity contribution in [3.8, 4) is 0 Å². The first kappa shape index (κ1) is 16.6. The van der Waals surface area contributed by atoms with E-state index >= 15 is 0 Å². The Kier molecular flexibility index (Phi) is 5.42. The molecule has 0 bridgehead atoms. The molecule has 0 aliphatic carbocycles. The maximum Gasteiger partial charge on any atom is 0.305 e. The smallest absolute Gasteiger partial charge is 0.305 e. The Morgan fingerprint density at radius 2 is 2.00 bits per heavy atom. The van der Waals surface area contributed by atoms with Gasteiger partial charge in [0.15, 0.2) is 5.76 Å². The molecule has 1 atom stereocenters. The summed E-state index contributed by atoms with van der Waals surface area (Å²) >= 11 is 0. The zero-order valence-corrected chi connectivity index (χ0v) is 12.2. The molecule has 2 aromatic rings. The SMILES string of the molecule is C[C@H](NCC(=O)NNC(=O)c1ccco1)c1ccc(F)cc1F. The Balaban J connectivity index is 1.78. The van der Waals surface area contributed by atoms with E-state index in [2.05, 4.69) is 16.2 Å². The Bertz CT molecular complexity index is 689. The Hall–Kier alpha value is -2.74. The Morgan fingerprint density at radius 3 is 2.65 bits per heavy atom. The lowest BCUT2D eigenvalue weighted by atomic mass is 10.1. The van der Waals surface area contributed by atoms with Gasteiger partial charge in [-0.3, -0.25) is 20.4 Å². The van der Waals surface area contributed by atoms with E-state index in [1.165, 1.54) is 24.5 Å². The number of carbonyl (C=O) groups excluding carboxylic acids is 2. The summed E-state index contributed by atoms with van der Waals surface area (Å²) in [4.78, 5) is 23.1. The lowest BCUT2D eigenvalue weighted by molar-refractivity contribution is -0.121. The van der Waals surface area contributed by atoms with Gasteiger partial charge in [-0.25, -0.2) is 8.78 Å². The first-order valence-electron chi connectivity index (χ1n) is 6.78. The van der Waals surface area contributed by atoms with Crippen LogP contribution in [0.4, 0.5) is 8.78 Å². The average Bonchev–Trinajstić information content (AvgIpc) is 3.04. The van der Waals surface area contributed by atoms with Crippen LogP contribution in [0.5, 0.6) is 0 Å². The molecular weight excluding hydrogens is 308 g/mol. The van der Waals surface area contributed by atoms with Gasteiger partial charge in [-0.15, -0.1) is 0 Å². The van der Waals surface area contributed by atoms with Crippen LogP contribution in [0.15, 0.2) is 41.0 Å². The molecule has 0 aliphatic rings. The van der Waals surface area contributed by atoms with Crippen LogP contribution in [0.3, 0.4) is 0 Å². The number of benzene rings is 1. The van der Waals surface area contributed by atoms with Gasteiger partial charge in [-0.2, -0.15) is 0 Å². The number of carbonyl (C=O) groups is 2. The largest absolute Gasteiger partial charge is 0.459 e. The zero-order chi connectivity index (χ0) is 16.8. The number of hydrogen-bond donors (Lipinski definition) is 3. The summed E-state index contributed by atoms with van der Waals surface area (Å²) in [5.41, 5.74) is 4.59. The molecule has 0 radical (unpaired) electrons. The molecule has 1 heterocycles. The van der Waals surface area contributed by atoms with Crippen LogP contribution >= 0.6 is 0 Å². The lowest BCUT2D eigenvalue weighted by Gasteiger charge is -2.15. The van der Waals surface area contributed by atoms with Crippen LogP contribution in [0, 0.1) is 11.6 Å². The molecule has 0 spiro atoms. The minimum atomic E-state index is -0.698. The van der Waals surface area contributed by atoms with Gasteiger partial charge < -0.3 is 9.73 Å². The van der Waals surface area contributed by atoms with Crippen LogP contribution in [0.25, 0.3) is 0 Å². The fourth-order valence-corrected chi connectivity index (χ4v) is 1.85. The van der Waals surface area contributed by atoms with Gasteiger partial charge in [-0.1, -0.05) is 6.07 Å². The van der Waals surface area contributed by atoms with E-state index < -0.39 is 29.5 Å². The fourth-order valence-electron chi connectivity index (χ4n) is 1.85. The minimum Gasteiger partial charge on any atom is -0.459 e. The number of nitrogens with one attached hydrogen (secondary N) is 3. The molecule has 2 amide bonds. The van der Waals surface area contributed by atoms with E-state index in [9.17, 15) is 18.4 Å². The second kappa shape index (κ2) is 7.50. The predicted octanol–water partition coefficient (Wildman–Crippen LogP) is 1.67. The topological polar surface area (TPSA) is 83.4 Å². The van der Waals surface area contributed by atoms with Gasteiger partial charge in [0.2, 0.25) is 0 Å². The molecule has 1 aromatic heterocycles. The van der Waals surface area contributed by atoms with Gasteiger partial charge >= 0.3 is 5.91 Å². The Morgan fingerprint density at radius 1 is 1.22 bits per heavy atom. The molecule has 23 heavy (non-hydrogen) atoms. The highest BCUT2D eigenvalue weighted by atomic mass is 19.1. The van der Waals surface area contributed by atoms with Gasteiger partial charge in [0, 0.05) is 17.7 Å². The maximum atomic E-state index is 13.6. The summed E-state index contributed by atoms with van der Waals surface area (Å²) in [5, 5.41) is 2.77. The molecule has 1 aromatic carbocycles. The Labute approximate surface area is 130 Å². The molecule has 8 heteroatoms. The second-order valence-corrected chi connectivity index (χ2v) is 4.75. The van der Waals surface area contributed by atoms with Crippen molar-refractivity contribution in [1.29, 1.82) is 0 Å². The molecular formula is C15H15F2N3O3. The summed E-state index contributed by atoms with van der Waals surface area (Å²) in [5.74, 6) is -2.44. The molecule has 0 unspecified atom stereocenters. The number of amides is 2. The highest BCUT2D eigenvalue weighted by molar-refractivity contribution is 5.93. The molecule has 6 nitrogen and oxygen atoms in total. The minimum absolute atomic E-state index is 0.0556. The molecule has 0 fully saturated rings. The van der Waals surface area contributed by atoms with Gasteiger partial charge in [0.05, 0.1) is 12.8 Å². The van der Waals surface area contributed by atoms with Crippen LogP contribution in [-0.4, -0.2) is 18.4 Å². The van der Waals surface area contributed by atoms with Crippen molar-refractivity contribution in [2.24, 2.45) is 0 Å². The van der Waals surface area contributed by atoms with E-state index in [0.29, 0.717) is 0 Å². The number of hydrazine groups is 1. The third kappa shape index (κ3) is 4.62. The second-order valence-electron chi connectivity index (χ2n) is 4.75. The summed E-state index contributed by atoms with van der Waals surface area (Å²) in [6, 6.07) is 5.69. The molecule has 0 saturated heterocycles. The summed E-state index contributed by atoms with van der Waals surface area (Å²) < 4.78 is 31.3. The highest BCUT2D eigenvalue weighted by Crippen LogP contribution is 2.17. The quantitative estimate of drug-likeness (QED) is 0.731. The van der Waals surface area contributed by atoms with E-state index in [4.69, 9.17) is 4.42 Å². The molecule has 0 saturated carbocycles. The monoisotopic (exact) mass is 323 g/mol. The number of furan rings is 1. The summed E-state index contributed by atoms with van der Waals surface area (Å²) in [6.45, 7) is 1.46. The molecule has 2 rings (SSSR count). The van der Waals surface area contributed by atoms with Crippen molar-refractivity contribution >= 4 is 11.8 Å². The summed E-state index contributed by atoms with van der Waals surface area (Å²) in [7, 11) is 0. The zero-order valence-electron chi connectivity index (χ0n) is 12.2. The van der Waals surface area contributed by atoms with E-state index in [0.717, 1.165) is 12.1 Å². The molecule has 0 aliphatic heterocycles. The molecule has 3 N–H and O–H groups in total. The highest BCUT2D eigenvalue weighted by Gasteiger charge is 2.14. The number of halogens is 2. The van der Waals surface area contributed by atoms with E-state index in [-0.39, 0.29) is 17.9 Å². The van der Waals surface area contributed by atoms with Gasteiger partial charge in [0.25, 0.3) is 5.91 Å². The van der Waals surface area contributed by atoms with Crippen molar-refractivity contribution in [3.05, 3.63) is 59.6 Å². The van der Waals surface area contributed by atoms with Crippen molar-refractivity contribution in [3.63, 3.8) is 0 Å². The number of hydrogen-bond acceptors (Lipinski definition) is 4. The normalized spacial score (nSPS) is 11.8. The van der Waals surface area contributed by atoms with Gasteiger partial charge in [-0.05, 0) is 25.1 Å². The van der Waals surface area contributed by atoms with Crippen LogP contribution < -0.4 is 16.2 Å². The first-order chi connectivity index (χ1) is 11.0. The number of rotatable bonds is 5. The third-order valence-electron chi connectivity index (χ3n) is 3.06.